The van der Waals surface area contributed by atoms with Crippen LogP contribution in [-0.2, 0) is 5.79 Å². The Morgan fingerprint density at radius 1 is 0.806 bits per heavy atom. The molecule has 188 valence electrons. The highest BCUT2D eigenvalue weighted by Gasteiger charge is 2.47. The van der Waals surface area contributed by atoms with Crippen LogP contribution in [0, 0.1) is 23.4 Å². The van der Waals surface area contributed by atoms with Crippen molar-refractivity contribution in [1.29, 1.82) is 0 Å². The number of piperidine rings is 1. The predicted molar refractivity (Wildman–Crippen MR) is 115 cm³/mol. The van der Waals surface area contributed by atoms with Crippen molar-refractivity contribution >= 4 is 5.91 Å². The van der Waals surface area contributed by atoms with E-state index in [-0.39, 0.29) is 47.9 Å². The number of carbonyl (C=O) groups excluding carboxylic acids is 1. The number of likely N-dealkylation sites (tertiary alicyclic amines) is 1. The van der Waals surface area contributed by atoms with Crippen molar-refractivity contribution in [2.75, 3.05) is 13.1 Å². The molecule has 2 aliphatic heterocycles. The third-order valence-electron chi connectivity index (χ3n) is 6.61. The Balaban J connectivity index is 1.47. The quantitative estimate of drug-likeness (QED) is 0.518. The molecule has 2 aliphatic rings. The van der Waals surface area contributed by atoms with Crippen molar-refractivity contribution in [2.24, 2.45) is 5.92 Å². The standard InChI is InChI=1S/C26H19F6NO3/c27-18-5-1-15(2-6-18)25(16-3-7-19(28)8-4-16)35-22-13-20(21(29)14-23(22)36-25)24(34)33-11-9-17(10-12-33)26(30,31)32/h1-8,13-14,17H,9-12H2/p+1. The summed E-state index contributed by atoms with van der Waals surface area (Å²) in [5.74, 6) is -5.85. The molecule has 0 unspecified atom stereocenters. The van der Waals surface area contributed by atoms with E-state index >= 15 is 4.39 Å². The minimum atomic E-state index is -4.33. The molecule has 5 rings (SSSR count). The number of alkyl halides is 3. The van der Waals surface area contributed by atoms with Crippen LogP contribution in [0.1, 0.15) is 34.3 Å². The minimum Gasteiger partial charge on any atom is -0.440 e. The Hall–Kier alpha value is -3.53. The molecular weight excluding hydrogens is 488 g/mol. The molecule has 1 N–H and O–H groups in total. The van der Waals surface area contributed by atoms with Crippen molar-refractivity contribution in [3.8, 4) is 11.5 Å². The monoisotopic (exact) mass is 508 g/mol. The summed E-state index contributed by atoms with van der Waals surface area (Å²) in [6, 6.07) is 12.5. The van der Waals surface area contributed by atoms with Crippen LogP contribution in [0.3, 0.4) is 0 Å². The molecule has 0 saturated carbocycles. The molecule has 1 amide bonds. The summed E-state index contributed by atoms with van der Waals surface area (Å²) in [5.41, 5.74) is 0.325. The molecular formula is C26H20F6NO3+. The Morgan fingerprint density at radius 2 is 1.28 bits per heavy atom. The van der Waals surface area contributed by atoms with Gasteiger partial charge in [-0.15, -0.1) is 0 Å². The van der Waals surface area contributed by atoms with Gasteiger partial charge in [0.1, 0.15) is 23.0 Å². The van der Waals surface area contributed by atoms with E-state index in [1.54, 1.807) is 0 Å². The van der Waals surface area contributed by atoms with E-state index < -0.39 is 41.2 Å². The lowest BCUT2D eigenvalue weighted by molar-refractivity contribution is -0.822. The van der Waals surface area contributed by atoms with Crippen molar-refractivity contribution < 1.29 is 45.5 Å². The summed E-state index contributed by atoms with van der Waals surface area (Å²) >= 11 is 0. The zero-order valence-corrected chi connectivity index (χ0v) is 18.7. The fraction of sp³-hybridized carbons (Fsp3) is 0.269. The molecule has 0 aromatic heterocycles. The third-order valence-corrected chi connectivity index (χ3v) is 6.61. The van der Waals surface area contributed by atoms with Gasteiger partial charge < -0.3 is 9.47 Å². The summed E-state index contributed by atoms with van der Waals surface area (Å²) in [7, 11) is 0. The number of carbonyl (C=O) groups is 1. The topological polar surface area (TPSA) is 40.0 Å². The molecule has 3 aromatic rings. The molecule has 4 nitrogen and oxygen atoms in total. The first-order chi connectivity index (χ1) is 17.1. The summed E-state index contributed by atoms with van der Waals surface area (Å²) in [6.07, 6.45) is -4.79. The molecule has 0 bridgehead atoms. The molecule has 2 heterocycles. The SMILES string of the molecule is O=C(c1cc2c(cc1F)OC(c1ccc(F)cc1)(c1ccc(F)cc1)O2)[NH+]1CCC(C(F)(F)F)CC1. The van der Waals surface area contributed by atoms with Gasteiger partial charge in [-0.25, -0.2) is 18.0 Å². The molecule has 0 spiro atoms. The van der Waals surface area contributed by atoms with E-state index in [4.69, 9.17) is 9.47 Å². The number of rotatable bonds is 3. The summed E-state index contributed by atoms with van der Waals surface area (Å²) in [4.78, 5) is 13.2. The molecule has 10 heteroatoms. The normalized spacial score (nSPS) is 20.8. The maximum Gasteiger partial charge on any atom is 0.392 e. The molecule has 3 aromatic carbocycles. The molecule has 1 saturated heterocycles. The maximum absolute atomic E-state index is 15.0. The zero-order valence-electron chi connectivity index (χ0n) is 18.7. The first-order valence-electron chi connectivity index (χ1n) is 11.3. The Bertz CT molecular complexity index is 1240. The second kappa shape index (κ2) is 8.85. The van der Waals surface area contributed by atoms with Crippen LogP contribution in [0.4, 0.5) is 26.3 Å². The molecule has 0 atom stereocenters. The van der Waals surface area contributed by atoms with Gasteiger partial charge >= 0.3 is 17.9 Å². The number of benzene rings is 3. The van der Waals surface area contributed by atoms with Gasteiger partial charge in [-0.2, -0.15) is 13.2 Å². The molecule has 0 radical (unpaired) electrons. The highest BCUT2D eigenvalue weighted by Crippen LogP contribution is 2.48. The van der Waals surface area contributed by atoms with Crippen molar-refractivity contribution in [1.82, 2.24) is 0 Å². The van der Waals surface area contributed by atoms with Crippen LogP contribution in [0.25, 0.3) is 0 Å². The zero-order chi connectivity index (χ0) is 25.7. The van der Waals surface area contributed by atoms with Crippen molar-refractivity contribution in [3.63, 3.8) is 0 Å². The number of hydrogen-bond acceptors (Lipinski definition) is 3. The fourth-order valence-corrected chi connectivity index (χ4v) is 4.65. The summed E-state index contributed by atoms with van der Waals surface area (Å²) < 4.78 is 93.3. The van der Waals surface area contributed by atoms with E-state index in [0.717, 1.165) is 12.1 Å². The second-order valence-corrected chi connectivity index (χ2v) is 8.86. The lowest BCUT2D eigenvalue weighted by Crippen LogP contribution is -3.15. The van der Waals surface area contributed by atoms with Crippen LogP contribution in [0.2, 0.25) is 0 Å². The van der Waals surface area contributed by atoms with E-state index in [2.05, 4.69) is 0 Å². The van der Waals surface area contributed by atoms with Gasteiger partial charge in [0, 0.05) is 36.1 Å². The Kier molecular flexibility index (Phi) is 5.94. The van der Waals surface area contributed by atoms with Crippen LogP contribution >= 0.6 is 0 Å². The number of hydrogen-bond donors (Lipinski definition) is 1. The second-order valence-electron chi connectivity index (χ2n) is 8.86. The number of fused-ring (bicyclic) bond motifs is 1. The number of ether oxygens (including phenoxy) is 2. The highest BCUT2D eigenvalue weighted by molar-refractivity contribution is 5.88. The summed E-state index contributed by atoms with van der Waals surface area (Å²) in [5, 5.41) is 0. The number of nitrogens with one attached hydrogen (secondary N) is 1. The van der Waals surface area contributed by atoms with E-state index in [9.17, 15) is 26.7 Å². The van der Waals surface area contributed by atoms with Crippen LogP contribution in [-0.4, -0.2) is 25.2 Å². The lowest BCUT2D eigenvalue weighted by Gasteiger charge is -2.29. The first-order valence-corrected chi connectivity index (χ1v) is 11.3. The molecule has 0 aliphatic carbocycles. The minimum absolute atomic E-state index is 0.0120. The largest absolute Gasteiger partial charge is 0.440 e. The molecule has 1 fully saturated rings. The Labute approximate surface area is 202 Å². The van der Waals surface area contributed by atoms with Gasteiger partial charge in [0.2, 0.25) is 0 Å². The van der Waals surface area contributed by atoms with E-state index in [0.29, 0.717) is 11.1 Å². The fourth-order valence-electron chi connectivity index (χ4n) is 4.65. The van der Waals surface area contributed by atoms with Crippen molar-refractivity contribution in [2.45, 2.75) is 24.8 Å². The Morgan fingerprint density at radius 3 is 1.75 bits per heavy atom. The van der Waals surface area contributed by atoms with Gasteiger partial charge in [-0.05, 0) is 48.5 Å². The lowest BCUT2D eigenvalue weighted by atomic mass is 9.96. The smallest absolute Gasteiger partial charge is 0.392 e. The number of amides is 1. The van der Waals surface area contributed by atoms with Crippen molar-refractivity contribution in [3.05, 3.63) is 94.8 Å². The molecule has 36 heavy (non-hydrogen) atoms. The van der Waals surface area contributed by atoms with Crippen LogP contribution in [0.15, 0.2) is 60.7 Å². The average molecular weight is 508 g/mol. The third kappa shape index (κ3) is 4.30. The van der Waals surface area contributed by atoms with E-state index in [1.165, 1.54) is 48.5 Å². The van der Waals surface area contributed by atoms with Gasteiger partial charge in [0.15, 0.2) is 11.5 Å². The summed E-state index contributed by atoms with van der Waals surface area (Å²) in [6.45, 7) is -0.155. The van der Waals surface area contributed by atoms with Gasteiger partial charge in [0.05, 0.1) is 19.0 Å². The van der Waals surface area contributed by atoms with Crippen LogP contribution < -0.4 is 14.4 Å². The van der Waals surface area contributed by atoms with Gasteiger partial charge in [0.25, 0.3) is 0 Å². The maximum atomic E-state index is 15.0. The van der Waals surface area contributed by atoms with Gasteiger partial charge in [-0.3, -0.25) is 4.90 Å². The number of quaternary nitrogens is 1. The predicted octanol–water partition coefficient (Wildman–Crippen LogP) is 4.77. The highest BCUT2D eigenvalue weighted by atomic mass is 19.4. The number of halogens is 6. The van der Waals surface area contributed by atoms with Gasteiger partial charge in [-0.1, -0.05) is 0 Å². The average Bonchev–Trinajstić information content (AvgIpc) is 3.22. The first kappa shape index (κ1) is 24.2. The van der Waals surface area contributed by atoms with E-state index in [1.807, 2.05) is 0 Å². The van der Waals surface area contributed by atoms with Crippen LogP contribution in [0.5, 0.6) is 11.5 Å².